The molecular formula is C12H12ClN3. The average Bonchev–Trinajstić information content (AvgIpc) is 2.31. The fourth-order valence-electron chi connectivity index (χ4n) is 1.62. The number of nitrogens with zero attached hydrogens (tertiary/aromatic N) is 1. The molecule has 0 fully saturated rings. The van der Waals surface area contributed by atoms with E-state index in [1.165, 1.54) is 0 Å². The van der Waals surface area contributed by atoms with Crippen molar-refractivity contribution in [2.24, 2.45) is 5.84 Å². The third-order valence-corrected chi connectivity index (χ3v) is 2.60. The maximum atomic E-state index is 5.95. The van der Waals surface area contributed by atoms with Crippen LogP contribution in [0.1, 0.15) is 17.2 Å². The van der Waals surface area contributed by atoms with Gasteiger partial charge in [0.1, 0.15) is 0 Å². The first kappa shape index (κ1) is 11.1. The van der Waals surface area contributed by atoms with E-state index in [9.17, 15) is 0 Å². The predicted molar refractivity (Wildman–Crippen MR) is 64.9 cm³/mol. The molecule has 0 aliphatic heterocycles. The molecule has 1 heterocycles. The Bertz CT molecular complexity index is 459. The van der Waals surface area contributed by atoms with Crippen molar-refractivity contribution in [1.82, 2.24) is 10.4 Å². The number of hydrogen-bond donors (Lipinski definition) is 2. The normalized spacial score (nSPS) is 12.4. The van der Waals surface area contributed by atoms with Crippen molar-refractivity contribution in [2.75, 3.05) is 0 Å². The van der Waals surface area contributed by atoms with E-state index < -0.39 is 0 Å². The zero-order chi connectivity index (χ0) is 11.4. The summed E-state index contributed by atoms with van der Waals surface area (Å²) in [7, 11) is 0. The van der Waals surface area contributed by atoms with E-state index in [0.29, 0.717) is 5.02 Å². The van der Waals surface area contributed by atoms with E-state index in [0.717, 1.165) is 11.1 Å². The second kappa shape index (κ2) is 5.07. The molecule has 0 aliphatic carbocycles. The Kier molecular flexibility index (Phi) is 3.51. The Morgan fingerprint density at radius 1 is 1.19 bits per heavy atom. The van der Waals surface area contributed by atoms with E-state index in [1.54, 1.807) is 12.4 Å². The minimum Gasteiger partial charge on any atom is -0.271 e. The Labute approximate surface area is 99.2 Å². The molecule has 82 valence electrons. The molecule has 2 aromatic rings. The molecule has 1 aromatic heterocycles. The Balaban J connectivity index is 2.37. The zero-order valence-electron chi connectivity index (χ0n) is 8.60. The van der Waals surface area contributed by atoms with Gasteiger partial charge in [0, 0.05) is 17.4 Å². The lowest BCUT2D eigenvalue weighted by Crippen LogP contribution is -2.28. The molecule has 1 unspecified atom stereocenters. The van der Waals surface area contributed by atoms with Gasteiger partial charge in [0.05, 0.1) is 6.04 Å². The van der Waals surface area contributed by atoms with Gasteiger partial charge in [-0.3, -0.25) is 10.8 Å². The second-order valence-electron chi connectivity index (χ2n) is 3.44. The number of hydrogen-bond acceptors (Lipinski definition) is 3. The lowest BCUT2D eigenvalue weighted by atomic mass is 10.0. The van der Waals surface area contributed by atoms with Gasteiger partial charge in [-0.15, -0.1) is 0 Å². The van der Waals surface area contributed by atoms with Gasteiger partial charge in [0.15, 0.2) is 0 Å². The van der Waals surface area contributed by atoms with Crippen LogP contribution in [0, 0.1) is 0 Å². The number of halogens is 1. The van der Waals surface area contributed by atoms with Gasteiger partial charge in [0.25, 0.3) is 0 Å². The summed E-state index contributed by atoms with van der Waals surface area (Å²) >= 11 is 5.95. The maximum Gasteiger partial charge on any atom is 0.0725 e. The smallest absolute Gasteiger partial charge is 0.0725 e. The minimum atomic E-state index is -0.0904. The molecule has 16 heavy (non-hydrogen) atoms. The molecule has 0 saturated heterocycles. The van der Waals surface area contributed by atoms with Crippen molar-refractivity contribution in [3.8, 4) is 0 Å². The van der Waals surface area contributed by atoms with Crippen molar-refractivity contribution >= 4 is 11.6 Å². The Morgan fingerprint density at radius 3 is 2.62 bits per heavy atom. The number of hydrazine groups is 1. The summed E-state index contributed by atoms with van der Waals surface area (Å²) in [5, 5.41) is 0.696. The molecule has 0 saturated carbocycles. The Hall–Kier alpha value is -1.42. The van der Waals surface area contributed by atoms with Crippen LogP contribution in [0.2, 0.25) is 5.02 Å². The van der Waals surface area contributed by atoms with E-state index in [2.05, 4.69) is 10.4 Å². The molecule has 0 bridgehead atoms. The number of pyridine rings is 1. The summed E-state index contributed by atoms with van der Waals surface area (Å²) in [6, 6.07) is 11.4. The molecule has 0 aliphatic rings. The second-order valence-corrected chi connectivity index (χ2v) is 3.88. The van der Waals surface area contributed by atoms with Crippen LogP contribution in [0.3, 0.4) is 0 Å². The monoisotopic (exact) mass is 233 g/mol. The fraction of sp³-hybridized carbons (Fsp3) is 0.0833. The molecule has 0 radical (unpaired) electrons. The van der Waals surface area contributed by atoms with Crippen LogP contribution < -0.4 is 11.3 Å². The summed E-state index contributed by atoms with van der Waals surface area (Å²) in [6.45, 7) is 0. The molecule has 3 N–H and O–H groups in total. The van der Waals surface area contributed by atoms with E-state index >= 15 is 0 Å². The first-order valence-electron chi connectivity index (χ1n) is 4.93. The molecule has 4 heteroatoms. The number of aromatic nitrogens is 1. The summed E-state index contributed by atoms with van der Waals surface area (Å²) < 4.78 is 0. The van der Waals surface area contributed by atoms with Gasteiger partial charge in [0.2, 0.25) is 0 Å². The van der Waals surface area contributed by atoms with Crippen LogP contribution in [-0.4, -0.2) is 4.98 Å². The number of nitrogens with one attached hydrogen (secondary N) is 1. The predicted octanol–water partition coefficient (Wildman–Crippen LogP) is 2.29. The Morgan fingerprint density at radius 2 is 2.00 bits per heavy atom. The third kappa shape index (κ3) is 2.39. The molecule has 0 spiro atoms. The average molecular weight is 234 g/mol. The molecular weight excluding hydrogens is 222 g/mol. The first-order valence-corrected chi connectivity index (χ1v) is 5.30. The first-order chi connectivity index (χ1) is 7.81. The quantitative estimate of drug-likeness (QED) is 0.632. The van der Waals surface area contributed by atoms with Gasteiger partial charge in [-0.25, -0.2) is 5.43 Å². The summed E-state index contributed by atoms with van der Waals surface area (Å²) in [5.41, 5.74) is 4.79. The van der Waals surface area contributed by atoms with Crippen LogP contribution >= 0.6 is 11.6 Å². The number of rotatable bonds is 3. The number of benzene rings is 1. The van der Waals surface area contributed by atoms with Gasteiger partial charge >= 0.3 is 0 Å². The van der Waals surface area contributed by atoms with Crippen molar-refractivity contribution in [3.05, 3.63) is 64.9 Å². The van der Waals surface area contributed by atoms with Crippen LogP contribution in [-0.2, 0) is 0 Å². The maximum absolute atomic E-state index is 5.95. The van der Waals surface area contributed by atoms with Gasteiger partial charge in [-0.2, -0.15) is 0 Å². The molecule has 1 atom stereocenters. The highest BCUT2D eigenvalue weighted by Crippen LogP contribution is 2.22. The lowest BCUT2D eigenvalue weighted by Gasteiger charge is -2.16. The van der Waals surface area contributed by atoms with Crippen LogP contribution in [0.15, 0.2) is 48.8 Å². The highest BCUT2D eigenvalue weighted by molar-refractivity contribution is 6.30. The van der Waals surface area contributed by atoms with E-state index in [1.807, 2.05) is 36.4 Å². The zero-order valence-corrected chi connectivity index (χ0v) is 9.35. The van der Waals surface area contributed by atoms with E-state index in [4.69, 9.17) is 17.4 Å². The van der Waals surface area contributed by atoms with Crippen molar-refractivity contribution < 1.29 is 0 Å². The van der Waals surface area contributed by atoms with Gasteiger partial charge < -0.3 is 0 Å². The summed E-state index contributed by atoms with van der Waals surface area (Å²) in [4.78, 5) is 4.07. The van der Waals surface area contributed by atoms with Gasteiger partial charge in [-0.05, 0) is 29.3 Å². The highest BCUT2D eigenvalue weighted by atomic mass is 35.5. The van der Waals surface area contributed by atoms with Crippen molar-refractivity contribution in [2.45, 2.75) is 6.04 Å². The van der Waals surface area contributed by atoms with Crippen LogP contribution in [0.25, 0.3) is 0 Å². The van der Waals surface area contributed by atoms with Crippen LogP contribution in [0.5, 0.6) is 0 Å². The minimum absolute atomic E-state index is 0.0904. The molecule has 1 aromatic carbocycles. The highest BCUT2D eigenvalue weighted by Gasteiger charge is 2.12. The molecule has 0 amide bonds. The standard InChI is InChI=1S/C12H12ClN3/c13-11-5-1-3-9(7-11)12(16-14)10-4-2-6-15-8-10/h1-8,12,16H,14H2. The lowest BCUT2D eigenvalue weighted by molar-refractivity contribution is 0.635. The van der Waals surface area contributed by atoms with Crippen LogP contribution in [0.4, 0.5) is 0 Å². The topological polar surface area (TPSA) is 50.9 Å². The van der Waals surface area contributed by atoms with Crippen molar-refractivity contribution in [1.29, 1.82) is 0 Å². The molecule has 3 nitrogen and oxygen atoms in total. The van der Waals surface area contributed by atoms with Gasteiger partial charge in [-0.1, -0.05) is 29.8 Å². The summed E-state index contributed by atoms with van der Waals surface area (Å²) in [5.74, 6) is 5.57. The number of nitrogens with two attached hydrogens (primary N) is 1. The third-order valence-electron chi connectivity index (χ3n) is 2.37. The fourth-order valence-corrected chi connectivity index (χ4v) is 1.82. The molecule has 2 rings (SSSR count). The largest absolute Gasteiger partial charge is 0.271 e. The SMILES string of the molecule is NNC(c1cccnc1)c1cccc(Cl)c1. The van der Waals surface area contributed by atoms with E-state index in [-0.39, 0.29) is 6.04 Å². The summed E-state index contributed by atoms with van der Waals surface area (Å²) in [6.07, 6.45) is 3.51. The van der Waals surface area contributed by atoms with Crippen molar-refractivity contribution in [3.63, 3.8) is 0 Å².